The standard InChI is InChI=1S/C17H18N2O4/c1-18-16(20)11-4-6-13(7-5-11)19-17(21)12-8-14(22-2)10-15(9-12)23-3/h4-10H,1-3H3,(H,18,20)(H,19,21). The molecule has 0 unspecified atom stereocenters. The molecule has 0 aliphatic carbocycles. The Balaban J connectivity index is 2.17. The number of rotatable bonds is 5. The maximum absolute atomic E-state index is 12.3. The van der Waals surface area contributed by atoms with Crippen LogP contribution in [0, 0.1) is 0 Å². The highest BCUT2D eigenvalue weighted by atomic mass is 16.5. The van der Waals surface area contributed by atoms with Crippen molar-refractivity contribution in [2.45, 2.75) is 0 Å². The van der Waals surface area contributed by atoms with Gasteiger partial charge in [-0.25, -0.2) is 0 Å². The third kappa shape index (κ3) is 4.00. The maximum atomic E-state index is 12.3. The van der Waals surface area contributed by atoms with Gasteiger partial charge in [0.15, 0.2) is 0 Å². The molecule has 0 spiro atoms. The van der Waals surface area contributed by atoms with E-state index in [2.05, 4.69) is 10.6 Å². The van der Waals surface area contributed by atoms with Crippen LogP contribution in [0.25, 0.3) is 0 Å². The van der Waals surface area contributed by atoms with E-state index >= 15 is 0 Å². The number of amides is 2. The highest BCUT2D eigenvalue weighted by Gasteiger charge is 2.11. The molecule has 0 saturated carbocycles. The van der Waals surface area contributed by atoms with Crippen LogP contribution >= 0.6 is 0 Å². The Morgan fingerprint density at radius 3 is 1.87 bits per heavy atom. The van der Waals surface area contributed by atoms with Crippen molar-refractivity contribution in [2.75, 3.05) is 26.6 Å². The molecule has 0 radical (unpaired) electrons. The van der Waals surface area contributed by atoms with Gasteiger partial charge < -0.3 is 20.1 Å². The molecule has 6 nitrogen and oxygen atoms in total. The van der Waals surface area contributed by atoms with Crippen molar-refractivity contribution in [3.05, 3.63) is 53.6 Å². The molecule has 23 heavy (non-hydrogen) atoms. The third-order valence-corrected chi connectivity index (χ3v) is 3.25. The van der Waals surface area contributed by atoms with Crippen LogP contribution < -0.4 is 20.1 Å². The van der Waals surface area contributed by atoms with Crippen molar-refractivity contribution >= 4 is 17.5 Å². The van der Waals surface area contributed by atoms with Crippen LogP contribution in [0.1, 0.15) is 20.7 Å². The topological polar surface area (TPSA) is 76.7 Å². The second kappa shape index (κ2) is 7.31. The summed E-state index contributed by atoms with van der Waals surface area (Å²) in [6, 6.07) is 11.5. The number of ether oxygens (including phenoxy) is 2. The minimum Gasteiger partial charge on any atom is -0.497 e. The normalized spacial score (nSPS) is 9.87. The third-order valence-electron chi connectivity index (χ3n) is 3.25. The number of anilines is 1. The van der Waals surface area contributed by atoms with Gasteiger partial charge in [0.05, 0.1) is 14.2 Å². The lowest BCUT2D eigenvalue weighted by Gasteiger charge is -2.09. The quantitative estimate of drug-likeness (QED) is 0.888. The van der Waals surface area contributed by atoms with E-state index in [1.54, 1.807) is 49.5 Å². The maximum Gasteiger partial charge on any atom is 0.255 e. The molecule has 2 N–H and O–H groups in total. The molecule has 0 bridgehead atoms. The fraction of sp³-hybridized carbons (Fsp3) is 0.176. The predicted molar refractivity (Wildman–Crippen MR) is 87.3 cm³/mol. The summed E-state index contributed by atoms with van der Waals surface area (Å²) >= 11 is 0. The fourth-order valence-corrected chi connectivity index (χ4v) is 1.99. The second-order valence-electron chi connectivity index (χ2n) is 4.71. The molecule has 2 aromatic carbocycles. The molecule has 0 atom stereocenters. The Morgan fingerprint density at radius 2 is 1.39 bits per heavy atom. The number of methoxy groups -OCH3 is 2. The predicted octanol–water partition coefficient (Wildman–Crippen LogP) is 2.32. The van der Waals surface area contributed by atoms with E-state index < -0.39 is 0 Å². The number of carbonyl (C=O) groups excluding carboxylic acids is 2. The van der Waals surface area contributed by atoms with Gasteiger partial charge in [-0.15, -0.1) is 0 Å². The lowest BCUT2D eigenvalue weighted by molar-refractivity contribution is 0.0962. The van der Waals surface area contributed by atoms with Crippen molar-refractivity contribution in [2.24, 2.45) is 0 Å². The van der Waals surface area contributed by atoms with Crippen molar-refractivity contribution in [1.82, 2.24) is 5.32 Å². The first kappa shape index (κ1) is 16.4. The van der Waals surface area contributed by atoms with E-state index in [1.807, 2.05) is 0 Å². The van der Waals surface area contributed by atoms with E-state index in [9.17, 15) is 9.59 Å². The van der Waals surface area contributed by atoms with Crippen molar-refractivity contribution in [1.29, 1.82) is 0 Å². The smallest absolute Gasteiger partial charge is 0.255 e. The van der Waals surface area contributed by atoms with Crippen molar-refractivity contribution in [3.63, 3.8) is 0 Å². The summed E-state index contributed by atoms with van der Waals surface area (Å²) < 4.78 is 10.3. The second-order valence-corrected chi connectivity index (χ2v) is 4.71. The molecular formula is C17H18N2O4. The number of hydrogen-bond acceptors (Lipinski definition) is 4. The average molecular weight is 314 g/mol. The van der Waals surface area contributed by atoms with E-state index in [4.69, 9.17) is 9.47 Å². The van der Waals surface area contributed by atoms with Gasteiger partial charge in [0, 0.05) is 29.9 Å². The lowest BCUT2D eigenvalue weighted by Crippen LogP contribution is -2.18. The van der Waals surface area contributed by atoms with E-state index in [-0.39, 0.29) is 11.8 Å². The van der Waals surface area contributed by atoms with Crippen LogP contribution in [0.4, 0.5) is 5.69 Å². The zero-order valence-corrected chi connectivity index (χ0v) is 13.2. The molecule has 2 aromatic rings. The summed E-state index contributed by atoms with van der Waals surface area (Å²) in [5.74, 6) is 0.587. The van der Waals surface area contributed by atoms with E-state index in [0.29, 0.717) is 28.3 Å². The number of benzene rings is 2. The van der Waals surface area contributed by atoms with E-state index in [1.165, 1.54) is 14.2 Å². The van der Waals surface area contributed by atoms with Gasteiger partial charge in [0.25, 0.3) is 11.8 Å². The van der Waals surface area contributed by atoms with Gasteiger partial charge in [0.2, 0.25) is 0 Å². The molecule has 0 aliphatic rings. The highest BCUT2D eigenvalue weighted by molar-refractivity contribution is 6.05. The molecular weight excluding hydrogens is 296 g/mol. The molecule has 0 heterocycles. The van der Waals surface area contributed by atoms with Crippen LogP contribution in [-0.2, 0) is 0 Å². The molecule has 0 aliphatic heterocycles. The average Bonchev–Trinajstić information content (AvgIpc) is 2.61. The number of hydrogen-bond donors (Lipinski definition) is 2. The van der Waals surface area contributed by atoms with Gasteiger partial charge in [-0.3, -0.25) is 9.59 Å². The SMILES string of the molecule is CNC(=O)c1ccc(NC(=O)c2cc(OC)cc(OC)c2)cc1. The zero-order valence-electron chi connectivity index (χ0n) is 13.2. The van der Waals surface area contributed by atoms with Gasteiger partial charge in [-0.2, -0.15) is 0 Å². The fourth-order valence-electron chi connectivity index (χ4n) is 1.99. The van der Waals surface area contributed by atoms with E-state index in [0.717, 1.165) is 0 Å². The van der Waals surface area contributed by atoms with Gasteiger partial charge >= 0.3 is 0 Å². The van der Waals surface area contributed by atoms with Gasteiger partial charge in [0.1, 0.15) is 11.5 Å². The van der Waals surface area contributed by atoms with Crippen molar-refractivity contribution in [3.8, 4) is 11.5 Å². The number of carbonyl (C=O) groups is 2. The minimum atomic E-state index is -0.296. The van der Waals surface area contributed by atoms with Crippen LogP contribution in [0.2, 0.25) is 0 Å². The zero-order chi connectivity index (χ0) is 16.8. The van der Waals surface area contributed by atoms with Crippen LogP contribution in [0.5, 0.6) is 11.5 Å². The molecule has 0 aromatic heterocycles. The molecule has 0 fully saturated rings. The Kier molecular flexibility index (Phi) is 5.19. The Hall–Kier alpha value is -3.02. The summed E-state index contributed by atoms with van der Waals surface area (Å²) in [7, 11) is 4.61. The molecule has 120 valence electrons. The highest BCUT2D eigenvalue weighted by Crippen LogP contribution is 2.23. The first-order valence-corrected chi connectivity index (χ1v) is 6.94. The monoisotopic (exact) mass is 314 g/mol. The molecule has 2 rings (SSSR count). The molecule has 2 amide bonds. The van der Waals surface area contributed by atoms with Gasteiger partial charge in [-0.05, 0) is 36.4 Å². The number of nitrogens with one attached hydrogen (secondary N) is 2. The summed E-state index contributed by atoms with van der Waals surface area (Å²) in [5, 5.41) is 5.30. The summed E-state index contributed by atoms with van der Waals surface area (Å²) in [4.78, 5) is 23.8. The first-order valence-electron chi connectivity index (χ1n) is 6.94. The minimum absolute atomic E-state index is 0.180. The summed E-state index contributed by atoms with van der Waals surface area (Å²) in [6.45, 7) is 0. The van der Waals surface area contributed by atoms with Crippen molar-refractivity contribution < 1.29 is 19.1 Å². The molecule has 6 heteroatoms. The van der Waals surface area contributed by atoms with Crippen LogP contribution in [0.15, 0.2) is 42.5 Å². The first-order chi connectivity index (χ1) is 11.1. The Bertz CT molecular complexity index is 689. The largest absolute Gasteiger partial charge is 0.497 e. The Labute approximate surface area is 134 Å². The van der Waals surface area contributed by atoms with Crippen LogP contribution in [0.3, 0.4) is 0 Å². The Morgan fingerprint density at radius 1 is 0.826 bits per heavy atom. The van der Waals surface area contributed by atoms with Crippen LogP contribution in [-0.4, -0.2) is 33.1 Å². The summed E-state index contributed by atoms with van der Waals surface area (Å²) in [6.07, 6.45) is 0. The lowest BCUT2D eigenvalue weighted by atomic mass is 10.1. The molecule has 0 saturated heterocycles. The van der Waals surface area contributed by atoms with Gasteiger partial charge in [-0.1, -0.05) is 0 Å². The summed E-state index contributed by atoms with van der Waals surface area (Å²) in [5.41, 5.74) is 1.52.